The molecule has 0 radical (unpaired) electrons. The van der Waals surface area contributed by atoms with Gasteiger partial charge in [0.25, 0.3) is 0 Å². The first kappa shape index (κ1) is 15.3. The van der Waals surface area contributed by atoms with Crippen LogP contribution in [0.4, 0.5) is 35.1 Å². The fourth-order valence-electron chi connectivity index (χ4n) is 0.368. The summed E-state index contributed by atoms with van der Waals surface area (Å²) in [5.74, 6) is -5.58. The molecule has 16 heavy (non-hydrogen) atoms. The van der Waals surface area contributed by atoms with Crippen molar-refractivity contribution in [3.8, 4) is 0 Å². The lowest BCUT2D eigenvalue weighted by molar-refractivity contribution is -0.278. The number of hydrogen-bond acceptors (Lipinski definition) is 2. The van der Waals surface area contributed by atoms with E-state index in [1.165, 1.54) is 0 Å². The molecule has 0 saturated heterocycles. The minimum Gasteiger partial charge on any atom is -0.203 e. The van der Waals surface area contributed by atoms with Crippen LogP contribution in [-0.2, 0) is 10.0 Å². The second-order valence-electron chi connectivity index (χ2n) is 2.47. The smallest absolute Gasteiger partial charge is 0.203 e. The van der Waals surface area contributed by atoms with Crippen LogP contribution in [0.3, 0.4) is 0 Å². The molecule has 0 aliphatic carbocycles. The van der Waals surface area contributed by atoms with E-state index in [4.69, 9.17) is 0 Å². The lowest BCUT2D eigenvalue weighted by Gasteiger charge is -2.20. The van der Waals surface area contributed by atoms with Gasteiger partial charge >= 0.3 is 27.6 Å². The van der Waals surface area contributed by atoms with E-state index in [1.807, 2.05) is 0 Å². The molecule has 0 unspecified atom stereocenters. The third-order valence-electron chi connectivity index (χ3n) is 1.20. The summed E-state index contributed by atoms with van der Waals surface area (Å²) in [5, 5.41) is 0. The maximum Gasteiger partial charge on any atom is 0.511 e. The van der Waals surface area contributed by atoms with Gasteiger partial charge in [0.1, 0.15) is 0 Å². The van der Waals surface area contributed by atoms with Crippen LogP contribution in [0, 0.1) is 0 Å². The van der Waals surface area contributed by atoms with Gasteiger partial charge in [-0.2, -0.15) is 35.1 Å². The van der Waals surface area contributed by atoms with Crippen LogP contribution in [0.25, 0.3) is 0 Å². The van der Waals surface area contributed by atoms with Crippen molar-refractivity contribution >= 4 is 10.0 Å². The molecular weight excluding hydrogens is 278 g/mol. The first-order valence-electron chi connectivity index (χ1n) is 3.21. The molecule has 0 aromatic rings. The Morgan fingerprint density at radius 3 is 1.50 bits per heavy atom. The van der Waals surface area contributed by atoms with E-state index in [2.05, 4.69) is 0 Å². The number of alkyl halides is 8. The molecule has 1 N–H and O–H groups in total. The maximum atomic E-state index is 12.0. The summed E-state index contributed by atoms with van der Waals surface area (Å²) >= 11 is 0. The lowest BCUT2D eigenvalue weighted by Crippen LogP contribution is -2.49. The first-order chi connectivity index (χ1) is 6.71. The lowest BCUT2D eigenvalue weighted by atomic mass is 10.3. The number of sulfonamides is 1. The average Bonchev–Trinajstić information content (AvgIpc) is 1.97. The Kier molecular flexibility index (Phi) is 3.82. The van der Waals surface area contributed by atoms with Gasteiger partial charge in [-0.05, 0) is 0 Å². The van der Waals surface area contributed by atoms with E-state index >= 15 is 0 Å². The molecular formula is C4H3F8NO2S. The monoisotopic (exact) mass is 281 g/mol. The molecule has 3 nitrogen and oxygen atoms in total. The highest BCUT2D eigenvalue weighted by Crippen LogP contribution is 2.35. The van der Waals surface area contributed by atoms with E-state index in [0.717, 1.165) is 0 Å². The highest BCUT2D eigenvalue weighted by Gasteiger charge is 2.59. The van der Waals surface area contributed by atoms with Crippen LogP contribution in [0.2, 0.25) is 0 Å². The minimum absolute atomic E-state index is 0.123. The van der Waals surface area contributed by atoms with Crippen molar-refractivity contribution in [3.05, 3.63) is 0 Å². The molecule has 0 aromatic carbocycles. The van der Waals surface area contributed by atoms with E-state index in [0.29, 0.717) is 0 Å². The van der Waals surface area contributed by atoms with Gasteiger partial charge in [0.2, 0.25) is 0 Å². The van der Waals surface area contributed by atoms with Gasteiger partial charge in [-0.25, -0.2) is 13.1 Å². The Morgan fingerprint density at radius 2 is 1.25 bits per heavy atom. The molecule has 0 atom stereocenters. The standard InChI is InChI=1S/C4H3F8NO2S/c5-2(6,3(7,8)9)1-13-16(14,15)4(10,11)12/h13H,1H2. The number of halogens is 8. The summed E-state index contributed by atoms with van der Waals surface area (Å²) in [6.07, 6.45) is -6.14. The second-order valence-corrected chi connectivity index (χ2v) is 4.23. The van der Waals surface area contributed by atoms with E-state index < -0.39 is 34.2 Å². The van der Waals surface area contributed by atoms with Gasteiger partial charge in [-0.1, -0.05) is 0 Å². The summed E-state index contributed by atoms with van der Waals surface area (Å²) in [6, 6.07) is 0. The molecule has 0 amide bonds. The largest absolute Gasteiger partial charge is 0.511 e. The highest BCUT2D eigenvalue weighted by molar-refractivity contribution is 7.90. The van der Waals surface area contributed by atoms with Crippen LogP contribution in [0.15, 0.2) is 0 Å². The first-order valence-corrected chi connectivity index (χ1v) is 4.69. The molecule has 0 spiro atoms. The van der Waals surface area contributed by atoms with E-state index in [9.17, 15) is 43.5 Å². The number of hydrogen-bond donors (Lipinski definition) is 1. The predicted octanol–water partition coefficient (Wildman–Crippen LogP) is 1.62. The zero-order valence-corrected chi connectivity index (χ0v) is 7.77. The fraction of sp³-hybridized carbons (Fsp3) is 1.00. The number of nitrogens with one attached hydrogen (secondary N) is 1. The highest BCUT2D eigenvalue weighted by atomic mass is 32.2. The Balaban J connectivity index is 4.73. The summed E-state index contributed by atoms with van der Waals surface area (Å²) < 4.78 is 113. The Bertz CT molecular complexity index is 340. The molecule has 0 bridgehead atoms. The average molecular weight is 281 g/mol. The molecule has 0 heterocycles. The maximum absolute atomic E-state index is 12.0. The van der Waals surface area contributed by atoms with Gasteiger partial charge in [0.15, 0.2) is 0 Å². The molecule has 0 aliphatic rings. The summed E-state index contributed by atoms with van der Waals surface area (Å²) in [7, 11) is -6.22. The van der Waals surface area contributed by atoms with E-state index in [1.54, 1.807) is 0 Å². The molecule has 0 aromatic heterocycles. The third kappa shape index (κ3) is 3.43. The van der Waals surface area contributed by atoms with Gasteiger partial charge in [-0.15, -0.1) is 0 Å². The van der Waals surface area contributed by atoms with Crippen molar-refractivity contribution in [2.24, 2.45) is 0 Å². The summed E-state index contributed by atoms with van der Waals surface area (Å²) in [6.45, 7) is -2.71. The molecule has 0 rings (SSSR count). The summed E-state index contributed by atoms with van der Waals surface area (Å²) in [5.41, 5.74) is -5.95. The van der Waals surface area contributed by atoms with Gasteiger partial charge < -0.3 is 0 Å². The van der Waals surface area contributed by atoms with Crippen LogP contribution < -0.4 is 4.72 Å². The van der Waals surface area contributed by atoms with Crippen LogP contribution in [-0.4, -0.2) is 32.6 Å². The van der Waals surface area contributed by atoms with E-state index in [-0.39, 0.29) is 4.72 Å². The molecule has 0 saturated carbocycles. The van der Waals surface area contributed by atoms with Gasteiger partial charge in [-0.3, -0.25) is 0 Å². The third-order valence-corrected chi connectivity index (χ3v) is 2.34. The Labute approximate surface area is 83.5 Å². The Morgan fingerprint density at radius 1 is 0.875 bits per heavy atom. The van der Waals surface area contributed by atoms with Crippen molar-refractivity contribution in [3.63, 3.8) is 0 Å². The summed E-state index contributed by atoms with van der Waals surface area (Å²) in [4.78, 5) is 0. The molecule has 0 aliphatic heterocycles. The van der Waals surface area contributed by atoms with Crippen LogP contribution >= 0.6 is 0 Å². The zero-order valence-electron chi connectivity index (χ0n) is 6.96. The van der Waals surface area contributed by atoms with Crippen molar-refractivity contribution in [1.29, 1.82) is 0 Å². The topological polar surface area (TPSA) is 46.2 Å². The van der Waals surface area contributed by atoms with Gasteiger partial charge in [0, 0.05) is 0 Å². The van der Waals surface area contributed by atoms with Crippen molar-refractivity contribution in [2.45, 2.75) is 17.6 Å². The van der Waals surface area contributed by atoms with Crippen molar-refractivity contribution in [1.82, 2.24) is 4.72 Å². The quantitative estimate of drug-likeness (QED) is 0.799. The predicted molar refractivity (Wildman–Crippen MR) is 34.0 cm³/mol. The van der Waals surface area contributed by atoms with Crippen LogP contribution in [0.1, 0.15) is 0 Å². The second kappa shape index (κ2) is 3.98. The fourth-order valence-corrected chi connectivity index (χ4v) is 0.903. The van der Waals surface area contributed by atoms with Crippen molar-refractivity contribution in [2.75, 3.05) is 6.54 Å². The number of rotatable bonds is 3. The van der Waals surface area contributed by atoms with Crippen LogP contribution in [0.5, 0.6) is 0 Å². The molecule has 0 fully saturated rings. The molecule has 12 heteroatoms. The van der Waals surface area contributed by atoms with Gasteiger partial charge in [0.05, 0.1) is 6.54 Å². The minimum atomic E-state index is -6.22. The molecule has 98 valence electrons. The zero-order chi connectivity index (χ0) is 13.4. The normalized spacial score (nSPS) is 15.2. The van der Waals surface area contributed by atoms with Crippen molar-refractivity contribution < 1.29 is 43.5 Å². The SMILES string of the molecule is O=S(=O)(NCC(F)(F)C(F)(F)F)C(F)(F)F. The Hall–Kier alpha value is -0.650.